The molecule has 1 saturated heterocycles. The number of thioether (sulfide) groups is 1. The molecule has 0 atom stereocenters. The van der Waals surface area contributed by atoms with Gasteiger partial charge in [0.05, 0.1) is 0 Å². The maximum Gasteiger partial charge on any atom is 0.162 e. The van der Waals surface area contributed by atoms with Crippen LogP contribution in [0, 0.1) is 5.92 Å². The predicted octanol–water partition coefficient (Wildman–Crippen LogP) is 5.60. The van der Waals surface area contributed by atoms with Crippen molar-refractivity contribution in [1.82, 2.24) is 4.90 Å². The Labute approximate surface area is 167 Å². The largest absolute Gasteiger partial charge is 0.299 e. The number of benzene rings is 2. The van der Waals surface area contributed by atoms with Crippen LogP contribution in [0.3, 0.4) is 0 Å². The zero-order valence-corrected chi connectivity index (χ0v) is 16.8. The van der Waals surface area contributed by atoms with Crippen LogP contribution in [0.25, 0.3) is 0 Å². The fourth-order valence-electron chi connectivity index (χ4n) is 4.29. The Morgan fingerprint density at radius 3 is 2.70 bits per heavy atom. The molecule has 0 aromatic heterocycles. The second kappa shape index (κ2) is 9.07. The number of piperidine rings is 1. The number of rotatable bonds is 6. The zero-order valence-electron chi connectivity index (χ0n) is 16.0. The molecule has 27 heavy (non-hydrogen) atoms. The Hall–Kier alpha value is -1.58. The summed E-state index contributed by atoms with van der Waals surface area (Å²) in [6.45, 7) is 3.37. The summed E-state index contributed by atoms with van der Waals surface area (Å²) in [5, 5.41) is 0. The van der Waals surface area contributed by atoms with Gasteiger partial charge in [-0.2, -0.15) is 0 Å². The summed E-state index contributed by atoms with van der Waals surface area (Å²) < 4.78 is 0. The highest BCUT2D eigenvalue weighted by Crippen LogP contribution is 2.31. The smallest absolute Gasteiger partial charge is 0.162 e. The molecular formula is C24H29NOS. The number of ketones is 1. The fraction of sp³-hybridized carbons (Fsp3) is 0.458. The van der Waals surface area contributed by atoms with E-state index in [0.717, 1.165) is 38.0 Å². The second-order valence-electron chi connectivity index (χ2n) is 7.94. The van der Waals surface area contributed by atoms with E-state index in [4.69, 9.17) is 0 Å². The van der Waals surface area contributed by atoms with Crippen molar-refractivity contribution in [2.24, 2.45) is 5.92 Å². The van der Waals surface area contributed by atoms with Gasteiger partial charge in [0.2, 0.25) is 0 Å². The van der Waals surface area contributed by atoms with Crippen molar-refractivity contribution in [1.29, 1.82) is 0 Å². The number of aryl methyl sites for hydroxylation is 1. The van der Waals surface area contributed by atoms with Crippen LogP contribution in [0.2, 0.25) is 0 Å². The van der Waals surface area contributed by atoms with Crippen molar-refractivity contribution in [2.45, 2.75) is 50.0 Å². The van der Waals surface area contributed by atoms with Gasteiger partial charge in [0.25, 0.3) is 0 Å². The minimum absolute atomic E-state index is 0.333. The summed E-state index contributed by atoms with van der Waals surface area (Å²) in [5.74, 6) is 2.25. The van der Waals surface area contributed by atoms with Crippen LogP contribution in [0.4, 0.5) is 0 Å². The standard InChI is InChI=1S/C24H29NOS/c26-23(21-9-11-24-22(17-21)7-4-16-27-24)10-8-19-12-14-25(15-13-19)18-20-5-2-1-3-6-20/h1-3,5-6,9,11,17,19H,4,7-8,10,12-16,18H2. The molecule has 0 N–H and O–H groups in total. The molecule has 1 fully saturated rings. The van der Waals surface area contributed by atoms with Gasteiger partial charge in [0, 0.05) is 23.4 Å². The van der Waals surface area contributed by atoms with E-state index in [-0.39, 0.29) is 0 Å². The SMILES string of the molecule is O=C(CCC1CCN(Cc2ccccc2)CC1)c1ccc2c(c1)CCCS2. The van der Waals surface area contributed by atoms with Crippen LogP contribution in [0.1, 0.15) is 53.6 Å². The molecule has 4 rings (SSSR count). The van der Waals surface area contributed by atoms with E-state index >= 15 is 0 Å². The van der Waals surface area contributed by atoms with Crippen LogP contribution in [0.5, 0.6) is 0 Å². The van der Waals surface area contributed by atoms with Gasteiger partial charge >= 0.3 is 0 Å². The quantitative estimate of drug-likeness (QED) is 0.609. The average Bonchev–Trinajstić information content (AvgIpc) is 2.73. The lowest BCUT2D eigenvalue weighted by Gasteiger charge is -2.32. The van der Waals surface area contributed by atoms with E-state index in [2.05, 4.69) is 47.4 Å². The Bertz CT molecular complexity index is 765. The first-order valence-corrected chi connectivity index (χ1v) is 11.3. The van der Waals surface area contributed by atoms with E-state index in [9.17, 15) is 4.79 Å². The molecule has 2 heterocycles. The molecule has 0 spiro atoms. The predicted molar refractivity (Wildman–Crippen MR) is 113 cm³/mol. The first-order valence-electron chi connectivity index (χ1n) is 10.3. The van der Waals surface area contributed by atoms with Crippen molar-refractivity contribution in [3.8, 4) is 0 Å². The maximum atomic E-state index is 12.7. The Kier molecular flexibility index (Phi) is 6.31. The minimum Gasteiger partial charge on any atom is -0.299 e. The number of hydrogen-bond acceptors (Lipinski definition) is 3. The summed E-state index contributed by atoms with van der Waals surface area (Å²) in [7, 11) is 0. The van der Waals surface area contributed by atoms with Crippen molar-refractivity contribution in [3.63, 3.8) is 0 Å². The van der Waals surface area contributed by atoms with Crippen molar-refractivity contribution >= 4 is 17.5 Å². The van der Waals surface area contributed by atoms with Crippen molar-refractivity contribution < 1.29 is 4.79 Å². The summed E-state index contributed by atoms with van der Waals surface area (Å²) >= 11 is 1.93. The van der Waals surface area contributed by atoms with Gasteiger partial charge in [-0.25, -0.2) is 0 Å². The van der Waals surface area contributed by atoms with Crippen molar-refractivity contribution in [2.75, 3.05) is 18.8 Å². The fourth-order valence-corrected chi connectivity index (χ4v) is 5.31. The van der Waals surface area contributed by atoms with Gasteiger partial charge in [0.1, 0.15) is 0 Å². The van der Waals surface area contributed by atoms with Crippen LogP contribution < -0.4 is 0 Å². The van der Waals surface area contributed by atoms with Gasteiger partial charge in [-0.05, 0) is 80.1 Å². The van der Waals surface area contributed by atoms with Gasteiger partial charge in [-0.3, -0.25) is 9.69 Å². The van der Waals surface area contributed by atoms with E-state index in [1.807, 2.05) is 17.8 Å². The topological polar surface area (TPSA) is 20.3 Å². The van der Waals surface area contributed by atoms with Gasteiger partial charge in [-0.15, -0.1) is 11.8 Å². The van der Waals surface area contributed by atoms with E-state index in [1.54, 1.807) is 0 Å². The summed E-state index contributed by atoms with van der Waals surface area (Å²) in [5.41, 5.74) is 3.71. The molecule has 0 radical (unpaired) electrons. The molecule has 0 aliphatic carbocycles. The Morgan fingerprint density at radius 1 is 1.07 bits per heavy atom. The number of carbonyl (C=O) groups excluding carboxylic acids is 1. The molecule has 2 nitrogen and oxygen atoms in total. The third-order valence-electron chi connectivity index (χ3n) is 5.97. The highest BCUT2D eigenvalue weighted by atomic mass is 32.2. The number of nitrogens with zero attached hydrogens (tertiary/aromatic N) is 1. The first kappa shape index (κ1) is 18.8. The van der Waals surface area contributed by atoms with Crippen LogP contribution in [-0.4, -0.2) is 29.5 Å². The molecule has 142 valence electrons. The zero-order chi connectivity index (χ0) is 18.5. The van der Waals surface area contributed by atoms with Gasteiger partial charge in [-0.1, -0.05) is 36.4 Å². The molecular weight excluding hydrogens is 350 g/mol. The molecule has 2 aromatic rings. The third-order valence-corrected chi connectivity index (χ3v) is 7.17. The third kappa shape index (κ3) is 5.03. The molecule has 2 aliphatic rings. The highest BCUT2D eigenvalue weighted by molar-refractivity contribution is 7.99. The van der Waals surface area contributed by atoms with Gasteiger partial charge in [0.15, 0.2) is 5.78 Å². The minimum atomic E-state index is 0.333. The molecule has 0 unspecified atom stereocenters. The molecule has 3 heteroatoms. The summed E-state index contributed by atoms with van der Waals surface area (Å²) in [6.07, 6.45) is 6.56. The first-order chi connectivity index (χ1) is 13.3. The average molecular weight is 380 g/mol. The van der Waals surface area contributed by atoms with Crippen LogP contribution >= 0.6 is 11.8 Å². The normalized spacial score (nSPS) is 18.2. The summed E-state index contributed by atoms with van der Waals surface area (Å²) in [6, 6.07) is 17.1. The number of carbonyl (C=O) groups is 1. The van der Waals surface area contributed by atoms with E-state index in [1.165, 1.54) is 41.0 Å². The second-order valence-corrected chi connectivity index (χ2v) is 9.08. The lowest BCUT2D eigenvalue weighted by molar-refractivity contribution is 0.0961. The molecule has 0 saturated carbocycles. The number of hydrogen-bond donors (Lipinski definition) is 0. The van der Waals surface area contributed by atoms with Crippen molar-refractivity contribution in [3.05, 3.63) is 65.2 Å². The molecule has 0 amide bonds. The van der Waals surface area contributed by atoms with Crippen LogP contribution in [0.15, 0.2) is 53.4 Å². The Balaban J connectivity index is 1.23. The van der Waals surface area contributed by atoms with Gasteiger partial charge < -0.3 is 0 Å². The lowest BCUT2D eigenvalue weighted by atomic mass is 9.90. The number of likely N-dealkylation sites (tertiary alicyclic amines) is 1. The molecule has 0 bridgehead atoms. The molecule has 2 aliphatic heterocycles. The number of Topliss-reactive ketones (excluding diaryl/α,β-unsaturated/α-hetero) is 1. The van der Waals surface area contributed by atoms with E-state index in [0.29, 0.717) is 18.1 Å². The Morgan fingerprint density at radius 2 is 1.89 bits per heavy atom. The number of fused-ring (bicyclic) bond motifs is 1. The monoisotopic (exact) mass is 379 g/mol. The summed E-state index contributed by atoms with van der Waals surface area (Å²) in [4.78, 5) is 16.6. The highest BCUT2D eigenvalue weighted by Gasteiger charge is 2.21. The maximum absolute atomic E-state index is 12.7. The van der Waals surface area contributed by atoms with E-state index < -0.39 is 0 Å². The van der Waals surface area contributed by atoms with Crippen LogP contribution in [-0.2, 0) is 13.0 Å². The lowest BCUT2D eigenvalue weighted by Crippen LogP contribution is -2.33. The molecule has 2 aromatic carbocycles.